The van der Waals surface area contributed by atoms with Crippen molar-refractivity contribution in [2.45, 2.75) is 20.3 Å². The lowest BCUT2D eigenvalue weighted by Crippen LogP contribution is -2.40. The zero-order valence-electron chi connectivity index (χ0n) is 17.7. The van der Waals surface area contributed by atoms with Crippen LogP contribution in [-0.4, -0.2) is 42.2 Å². The number of aromatic nitrogens is 1. The second-order valence-corrected chi connectivity index (χ2v) is 7.43. The van der Waals surface area contributed by atoms with Crippen LogP contribution in [0.2, 0.25) is 0 Å². The Labute approximate surface area is 176 Å². The van der Waals surface area contributed by atoms with Gasteiger partial charge in [0.1, 0.15) is 0 Å². The van der Waals surface area contributed by atoms with Gasteiger partial charge in [-0.15, -0.1) is 0 Å². The fourth-order valence-electron chi connectivity index (χ4n) is 4.41. The Balaban J connectivity index is 1.81. The second-order valence-electron chi connectivity index (χ2n) is 7.43. The SMILES string of the molecule is CCOc1c(/C=C/C2=[N+]3[BH-](F)n4cccc4C(CCN)=C3C(C)=C2)cccc1OC. The summed E-state index contributed by atoms with van der Waals surface area (Å²) < 4.78 is 30.4. The van der Waals surface area contributed by atoms with Gasteiger partial charge >= 0.3 is 7.26 Å². The van der Waals surface area contributed by atoms with Crippen molar-refractivity contribution in [3.63, 3.8) is 0 Å². The quantitative estimate of drug-likeness (QED) is 0.714. The molecular formula is C23H27BFN3O2. The number of para-hydroxylation sites is 1. The molecule has 0 radical (unpaired) electrons. The molecule has 1 aromatic carbocycles. The molecule has 0 fully saturated rings. The van der Waals surface area contributed by atoms with Crippen LogP contribution in [0.4, 0.5) is 4.32 Å². The zero-order valence-corrected chi connectivity index (χ0v) is 17.7. The highest BCUT2D eigenvalue weighted by Crippen LogP contribution is 2.36. The fourth-order valence-corrected chi connectivity index (χ4v) is 4.41. The number of hydrogen-bond acceptors (Lipinski definition) is 3. The first kappa shape index (κ1) is 20.2. The number of allylic oxidation sites excluding steroid dienone is 3. The summed E-state index contributed by atoms with van der Waals surface area (Å²) in [5, 5.41) is 0. The molecule has 4 rings (SSSR count). The van der Waals surface area contributed by atoms with Gasteiger partial charge < -0.3 is 28.5 Å². The van der Waals surface area contributed by atoms with Gasteiger partial charge in [0.2, 0.25) is 0 Å². The molecule has 30 heavy (non-hydrogen) atoms. The van der Waals surface area contributed by atoms with Gasteiger partial charge in [-0.25, -0.2) is 0 Å². The van der Waals surface area contributed by atoms with E-state index < -0.39 is 7.26 Å². The lowest BCUT2D eigenvalue weighted by molar-refractivity contribution is -0.335. The van der Waals surface area contributed by atoms with Crippen LogP contribution in [0, 0.1) is 0 Å². The molecule has 0 amide bonds. The summed E-state index contributed by atoms with van der Waals surface area (Å²) in [4.78, 5) is 0. The minimum atomic E-state index is -2.28. The Hall–Kier alpha value is -3.06. The molecule has 1 atom stereocenters. The Bertz CT molecular complexity index is 1100. The van der Waals surface area contributed by atoms with Gasteiger partial charge in [0.15, 0.2) is 22.9 Å². The highest BCUT2D eigenvalue weighted by molar-refractivity contribution is 6.43. The average Bonchev–Trinajstić information content (AvgIpc) is 3.36. The molecule has 2 aliphatic heterocycles. The van der Waals surface area contributed by atoms with E-state index in [4.69, 9.17) is 15.2 Å². The molecule has 0 saturated carbocycles. The van der Waals surface area contributed by atoms with Crippen LogP contribution in [0.3, 0.4) is 0 Å². The third kappa shape index (κ3) is 3.29. The van der Waals surface area contributed by atoms with E-state index in [-0.39, 0.29) is 0 Å². The van der Waals surface area contributed by atoms with Crippen molar-refractivity contribution >= 4 is 24.6 Å². The number of hydrogen-bond donors (Lipinski definition) is 1. The molecule has 1 aromatic heterocycles. The van der Waals surface area contributed by atoms with Crippen molar-refractivity contribution < 1.29 is 18.3 Å². The first-order chi connectivity index (χ1) is 14.6. The van der Waals surface area contributed by atoms with Crippen LogP contribution in [0.25, 0.3) is 11.6 Å². The smallest absolute Gasteiger partial charge is 0.493 e. The van der Waals surface area contributed by atoms with Gasteiger partial charge in [0.25, 0.3) is 0 Å². The maximum absolute atomic E-state index is 15.6. The average molecular weight is 407 g/mol. The number of methoxy groups -OCH3 is 1. The van der Waals surface area contributed by atoms with Gasteiger partial charge in [-0.1, -0.05) is 12.1 Å². The van der Waals surface area contributed by atoms with Crippen molar-refractivity contribution in [3.05, 3.63) is 71.2 Å². The van der Waals surface area contributed by atoms with E-state index in [0.717, 1.165) is 33.8 Å². The number of fused-ring (bicyclic) bond motifs is 2. The van der Waals surface area contributed by atoms with Crippen LogP contribution in [0.5, 0.6) is 11.5 Å². The fraction of sp³-hybridized carbons (Fsp3) is 0.261. The summed E-state index contributed by atoms with van der Waals surface area (Å²) in [6.07, 6.45) is 8.45. The molecule has 5 nitrogen and oxygen atoms in total. The molecule has 2 aromatic rings. The summed E-state index contributed by atoms with van der Waals surface area (Å²) in [6, 6.07) is 9.62. The standard InChI is InChI=1S/C23H27BFN3O2/c1-4-30-23-17(7-5-9-21(23)29-3)10-11-18-15-16(2)22-19(12-13-26)20-8-6-14-27(20)24(25)28(18)22/h5-11,14-15,24H,4,12-13,26H2,1-3H3/b11-10+. The molecule has 0 bridgehead atoms. The maximum atomic E-state index is 15.6. The van der Waals surface area contributed by atoms with E-state index in [1.165, 1.54) is 0 Å². The van der Waals surface area contributed by atoms with Crippen molar-refractivity contribution in [1.82, 2.24) is 4.48 Å². The Morgan fingerprint density at radius 2 is 2.07 bits per heavy atom. The van der Waals surface area contributed by atoms with Crippen molar-refractivity contribution in [1.29, 1.82) is 0 Å². The minimum absolute atomic E-state index is 0.518. The van der Waals surface area contributed by atoms with Crippen LogP contribution in [0.15, 0.2) is 60.0 Å². The van der Waals surface area contributed by atoms with Gasteiger partial charge in [-0.05, 0) is 57.3 Å². The zero-order chi connectivity index (χ0) is 21.3. The second kappa shape index (κ2) is 8.36. The van der Waals surface area contributed by atoms with E-state index >= 15 is 4.32 Å². The minimum Gasteiger partial charge on any atom is -0.493 e. The highest BCUT2D eigenvalue weighted by atomic mass is 19.1. The van der Waals surface area contributed by atoms with Crippen molar-refractivity contribution in [2.24, 2.45) is 5.73 Å². The van der Waals surface area contributed by atoms with Crippen LogP contribution in [-0.2, 0) is 0 Å². The predicted molar refractivity (Wildman–Crippen MR) is 121 cm³/mol. The number of rotatable bonds is 7. The third-order valence-electron chi connectivity index (χ3n) is 5.63. The molecule has 1 unspecified atom stereocenters. The van der Waals surface area contributed by atoms with Crippen LogP contribution in [0.1, 0.15) is 31.5 Å². The van der Waals surface area contributed by atoms with E-state index in [2.05, 4.69) is 0 Å². The molecule has 2 aliphatic rings. The Kier molecular flexibility index (Phi) is 5.64. The third-order valence-corrected chi connectivity index (χ3v) is 5.63. The Morgan fingerprint density at radius 1 is 1.23 bits per heavy atom. The molecule has 0 spiro atoms. The molecule has 0 saturated heterocycles. The number of ether oxygens (including phenoxy) is 2. The molecular weight excluding hydrogens is 380 g/mol. The summed E-state index contributed by atoms with van der Waals surface area (Å²) in [6.45, 7) is 5.02. The number of nitrogens with two attached hydrogens (primary N) is 1. The molecule has 2 N–H and O–H groups in total. The lowest BCUT2D eigenvalue weighted by Gasteiger charge is -2.29. The number of benzene rings is 1. The number of halogens is 1. The maximum Gasteiger partial charge on any atom is 0.536 e. The van der Waals surface area contributed by atoms with Gasteiger partial charge in [-0.2, -0.15) is 0 Å². The van der Waals surface area contributed by atoms with Crippen LogP contribution >= 0.6 is 0 Å². The Morgan fingerprint density at radius 3 is 2.80 bits per heavy atom. The van der Waals surface area contributed by atoms with E-state index in [9.17, 15) is 0 Å². The van der Waals surface area contributed by atoms with E-state index in [1.54, 1.807) is 11.6 Å². The molecule has 156 valence electrons. The molecule has 7 heteroatoms. The summed E-state index contributed by atoms with van der Waals surface area (Å²) in [5.41, 5.74) is 11.6. The lowest BCUT2D eigenvalue weighted by atomic mass is 9.90. The van der Waals surface area contributed by atoms with E-state index in [0.29, 0.717) is 31.1 Å². The topological polar surface area (TPSA) is 52.4 Å². The van der Waals surface area contributed by atoms with Gasteiger partial charge in [0.05, 0.1) is 13.7 Å². The van der Waals surface area contributed by atoms with Crippen molar-refractivity contribution in [3.8, 4) is 11.5 Å². The largest absolute Gasteiger partial charge is 0.536 e. The predicted octanol–water partition coefficient (Wildman–Crippen LogP) is 3.63. The first-order valence-electron chi connectivity index (χ1n) is 10.3. The molecule has 0 aliphatic carbocycles. The first-order valence-corrected chi connectivity index (χ1v) is 10.3. The summed E-state index contributed by atoms with van der Waals surface area (Å²) >= 11 is 0. The highest BCUT2D eigenvalue weighted by Gasteiger charge is 2.37. The van der Waals surface area contributed by atoms with Crippen LogP contribution < -0.4 is 15.2 Å². The monoisotopic (exact) mass is 407 g/mol. The van der Waals surface area contributed by atoms with E-state index in [1.807, 2.05) is 73.1 Å². The van der Waals surface area contributed by atoms with Crippen molar-refractivity contribution in [2.75, 3.05) is 20.3 Å². The van der Waals surface area contributed by atoms with Gasteiger partial charge in [0, 0.05) is 34.6 Å². The van der Waals surface area contributed by atoms with Gasteiger partial charge in [-0.3, -0.25) is 0 Å². The molecule has 3 heterocycles. The normalized spacial score (nSPS) is 18.0. The number of nitrogens with zero attached hydrogens (tertiary/aromatic N) is 2. The summed E-state index contributed by atoms with van der Waals surface area (Å²) in [7, 11) is -0.655. The summed E-state index contributed by atoms with van der Waals surface area (Å²) in [5.74, 6) is 1.37.